The Kier molecular flexibility index (Phi) is 3.66. The van der Waals surface area contributed by atoms with Crippen molar-refractivity contribution in [2.45, 2.75) is 26.3 Å². The zero-order valence-corrected chi connectivity index (χ0v) is 14.9. The molecule has 7 heteroatoms. The maximum absolute atomic E-state index is 14.6. The van der Waals surface area contributed by atoms with Gasteiger partial charge < -0.3 is 4.98 Å². The SMILES string of the molecule is CC(C)(C)n1ncc2c(-c3cc(F)c(F)cc3F)c(C3=CC=C3)c(=O)[nH]c21. The number of halogens is 3. The Bertz CT molecular complexity index is 1210. The highest BCUT2D eigenvalue weighted by atomic mass is 19.2. The fourth-order valence-electron chi connectivity index (χ4n) is 3.21. The van der Waals surface area contributed by atoms with Crippen LogP contribution in [-0.2, 0) is 5.54 Å². The second-order valence-electron chi connectivity index (χ2n) is 7.42. The van der Waals surface area contributed by atoms with Crippen molar-refractivity contribution in [2.24, 2.45) is 0 Å². The van der Waals surface area contributed by atoms with Gasteiger partial charge in [0.25, 0.3) is 5.56 Å². The van der Waals surface area contributed by atoms with Gasteiger partial charge >= 0.3 is 0 Å². The number of allylic oxidation sites excluding steroid dienone is 4. The van der Waals surface area contributed by atoms with Gasteiger partial charge in [0.2, 0.25) is 0 Å². The lowest BCUT2D eigenvalue weighted by Gasteiger charge is -2.21. The number of aromatic nitrogens is 3. The number of hydrogen-bond donors (Lipinski definition) is 1. The van der Waals surface area contributed by atoms with Crippen molar-refractivity contribution < 1.29 is 13.2 Å². The van der Waals surface area contributed by atoms with Gasteiger partial charge in [-0.25, -0.2) is 17.9 Å². The van der Waals surface area contributed by atoms with Crippen LogP contribution in [-0.4, -0.2) is 14.8 Å². The zero-order chi connectivity index (χ0) is 19.5. The second-order valence-corrected chi connectivity index (χ2v) is 7.42. The first-order valence-electron chi connectivity index (χ1n) is 8.36. The number of rotatable bonds is 2. The smallest absolute Gasteiger partial charge is 0.258 e. The molecule has 0 saturated carbocycles. The highest BCUT2D eigenvalue weighted by molar-refractivity contribution is 6.01. The summed E-state index contributed by atoms with van der Waals surface area (Å²) in [5.41, 5.74) is 0.267. The first-order valence-corrected chi connectivity index (χ1v) is 8.36. The van der Waals surface area contributed by atoms with Gasteiger partial charge in [-0.2, -0.15) is 5.10 Å². The van der Waals surface area contributed by atoms with Crippen molar-refractivity contribution in [2.75, 3.05) is 0 Å². The molecule has 138 valence electrons. The van der Waals surface area contributed by atoms with Crippen molar-refractivity contribution >= 4 is 16.6 Å². The molecule has 0 radical (unpaired) electrons. The van der Waals surface area contributed by atoms with Crippen LogP contribution in [0.5, 0.6) is 0 Å². The van der Waals surface area contributed by atoms with Crippen molar-refractivity contribution in [1.82, 2.24) is 14.8 Å². The number of benzene rings is 1. The number of pyridine rings is 1. The molecule has 4 rings (SSSR count). The zero-order valence-electron chi connectivity index (χ0n) is 14.9. The lowest BCUT2D eigenvalue weighted by Crippen LogP contribution is -2.25. The molecule has 4 nitrogen and oxygen atoms in total. The van der Waals surface area contributed by atoms with Crippen LogP contribution in [0.15, 0.2) is 41.4 Å². The molecule has 1 aliphatic carbocycles. The number of H-pyrrole nitrogens is 1. The van der Waals surface area contributed by atoms with Crippen LogP contribution in [0.4, 0.5) is 13.2 Å². The number of fused-ring (bicyclic) bond motifs is 1. The third-order valence-corrected chi connectivity index (χ3v) is 4.50. The monoisotopic (exact) mass is 371 g/mol. The van der Waals surface area contributed by atoms with Crippen LogP contribution in [0.1, 0.15) is 26.3 Å². The van der Waals surface area contributed by atoms with E-state index in [9.17, 15) is 18.0 Å². The van der Waals surface area contributed by atoms with Crippen LogP contribution >= 0.6 is 0 Å². The summed E-state index contributed by atoms with van der Waals surface area (Å²) in [6, 6.07) is 1.26. The third kappa shape index (κ3) is 2.61. The Morgan fingerprint density at radius 3 is 2.30 bits per heavy atom. The summed E-state index contributed by atoms with van der Waals surface area (Å²) >= 11 is 0. The van der Waals surface area contributed by atoms with Crippen molar-refractivity contribution in [3.8, 4) is 11.1 Å². The van der Waals surface area contributed by atoms with E-state index in [0.717, 1.165) is 6.07 Å². The van der Waals surface area contributed by atoms with E-state index in [1.807, 2.05) is 20.8 Å². The van der Waals surface area contributed by atoms with E-state index < -0.39 is 28.5 Å². The summed E-state index contributed by atoms with van der Waals surface area (Å²) in [4.78, 5) is 15.6. The normalized spacial score (nSPS) is 13.8. The van der Waals surface area contributed by atoms with Gasteiger partial charge in [-0.05, 0) is 32.4 Å². The third-order valence-electron chi connectivity index (χ3n) is 4.50. The Morgan fingerprint density at radius 2 is 1.70 bits per heavy atom. The van der Waals surface area contributed by atoms with Gasteiger partial charge in [0.05, 0.1) is 17.3 Å². The molecule has 1 N–H and O–H groups in total. The molecule has 0 spiro atoms. The molecule has 1 aliphatic rings. The Balaban J connectivity index is 2.16. The standard InChI is InChI=1S/C20H16F3N3O/c1-20(2,3)26-18-12(9-24-26)17(11-7-14(22)15(23)8-13(11)21)16(19(27)25-18)10-5-4-6-10/h4-9H,1-3H3,(H,25,27). The molecule has 0 amide bonds. The predicted octanol–water partition coefficient (Wildman–Crippen LogP) is 4.52. The van der Waals surface area contributed by atoms with Crippen molar-refractivity contribution in [1.29, 1.82) is 0 Å². The van der Waals surface area contributed by atoms with Crippen LogP contribution < -0.4 is 5.56 Å². The van der Waals surface area contributed by atoms with Crippen molar-refractivity contribution in [3.05, 3.63) is 69.9 Å². The number of aromatic amines is 1. The van der Waals surface area contributed by atoms with E-state index in [-0.39, 0.29) is 16.7 Å². The fourth-order valence-corrected chi connectivity index (χ4v) is 3.21. The fraction of sp³-hybridized carbons (Fsp3) is 0.200. The van der Waals surface area contributed by atoms with Gasteiger partial charge in [-0.3, -0.25) is 4.79 Å². The maximum atomic E-state index is 14.6. The minimum Gasteiger partial charge on any atom is -0.306 e. The molecule has 0 bridgehead atoms. The molecule has 0 atom stereocenters. The average molecular weight is 371 g/mol. The summed E-state index contributed by atoms with van der Waals surface area (Å²) in [7, 11) is 0. The molecule has 2 heterocycles. The summed E-state index contributed by atoms with van der Waals surface area (Å²) in [6.45, 7) is 5.71. The molecule has 0 saturated heterocycles. The first-order chi connectivity index (χ1) is 12.7. The van der Waals surface area contributed by atoms with Gasteiger partial charge in [0.15, 0.2) is 11.6 Å². The van der Waals surface area contributed by atoms with Gasteiger partial charge in [0, 0.05) is 22.6 Å². The predicted molar refractivity (Wildman–Crippen MR) is 97.8 cm³/mol. The average Bonchev–Trinajstić information content (AvgIpc) is 2.93. The Hall–Kier alpha value is -3.09. The Labute approximate surface area is 152 Å². The lowest BCUT2D eigenvalue weighted by atomic mass is 9.90. The van der Waals surface area contributed by atoms with E-state index in [4.69, 9.17) is 0 Å². The van der Waals surface area contributed by atoms with Gasteiger partial charge in [0.1, 0.15) is 11.5 Å². The second kappa shape index (κ2) is 5.70. The molecule has 0 unspecified atom stereocenters. The van der Waals surface area contributed by atoms with E-state index in [2.05, 4.69) is 10.1 Å². The quantitative estimate of drug-likeness (QED) is 0.674. The maximum Gasteiger partial charge on any atom is 0.258 e. The number of nitrogens with zero attached hydrogens (tertiary/aromatic N) is 2. The first kappa shape index (κ1) is 17.3. The highest BCUT2D eigenvalue weighted by Gasteiger charge is 2.26. The van der Waals surface area contributed by atoms with Gasteiger partial charge in [-0.15, -0.1) is 0 Å². The van der Waals surface area contributed by atoms with Crippen LogP contribution in [0, 0.1) is 17.5 Å². The van der Waals surface area contributed by atoms with Crippen LogP contribution in [0.25, 0.3) is 27.7 Å². The molecule has 1 aromatic carbocycles. The molecule has 3 aromatic rings. The largest absolute Gasteiger partial charge is 0.306 e. The minimum atomic E-state index is -1.29. The van der Waals surface area contributed by atoms with Crippen LogP contribution in [0.2, 0.25) is 0 Å². The van der Waals surface area contributed by atoms with E-state index in [0.29, 0.717) is 22.7 Å². The summed E-state index contributed by atoms with van der Waals surface area (Å²) in [5, 5.41) is 4.78. The molecular formula is C20H16F3N3O. The molecule has 27 heavy (non-hydrogen) atoms. The van der Waals surface area contributed by atoms with E-state index >= 15 is 0 Å². The number of hydrogen-bond acceptors (Lipinski definition) is 2. The highest BCUT2D eigenvalue weighted by Crippen LogP contribution is 2.37. The summed E-state index contributed by atoms with van der Waals surface area (Å²) in [6.07, 6.45) is 6.64. The van der Waals surface area contributed by atoms with E-state index in [1.165, 1.54) is 6.20 Å². The van der Waals surface area contributed by atoms with E-state index in [1.54, 1.807) is 22.9 Å². The summed E-state index contributed by atoms with van der Waals surface area (Å²) < 4.78 is 43.5. The Morgan fingerprint density at radius 1 is 1.04 bits per heavy atom. The van der Waals surface area contributed by atoms with Gasteiger partial charge in [-0.1, -0.05) is 18.2 Å². The number of nitrogens with one attached hydrogen (secondary N) is 1. The topological polar surface area (TPSA) is 50.7 Å². The minimum absolute atomic E-state index is 0.186. The molecular weight excluding hydrogens is 355 g/mol. The summed E-state index contributed by atoms with van der Waals surface area (Å²) in [5.74, 6) is -3.42. The molecule has 0 aliphatic heterocycles. The lowest BCUT2D eigenvalue weighted by molar-refractivity contribution is 0.366. The van der Waals surface area contributed by atoms with Crippen molar-refractivity contribution in [3.63, 3.8) is 0 Å². The molecule has 2 aromatic heterocycles. The van der Waals surface area contributed by atoms with Crippen LogP contribution in [0.3, 0.4) is 0 Å². The molecule has 0 fully saturated rings.